The van der Waals surface area contributed by atoms with Crippen LogP contribution in [0.15, 0.2) is 39.3 Å². The maximum Gasteiger partial charge on any atom is 0.167 e. The third-order valence-electron chi connectivity index (χ3n) is 3.67. The minimum absolute atomic E-state index is 0.121. The maximum atomic E-state index is 12.6. The van der Waals surface area contributed by atoms with Gasteiger partial charge in [-0.05, 0) is 42.3 Å². The summed E-state index contributed by atoms with van der Waals surface area (Å²) in [7, 11) is 0. The van der Waals surface area contributed by atoms with Crippen LogP contribution in [0.1, 0.15) is 27.0 Å². The number of rotatable bonds is 3. The number of fused-ring (bicyclic) bond motifs is 1. The van der Waals surface area contributed by atoms with E-state index in [9.17, 15) is 4.79 Å². The van der Waals surface area contributed by atoms with Gasteiger partial charge in [0.05, 0.1) is 6.61 Å². The largest absolute Gasteiger partial charge is 0.493 e. The van der Waals surface area contributed by atoms with E-state index < -0.39 is 0 Å². The molecule has 0 spiro atoms. The first kappa shape index (κ1) is 14.8. The number of carbonyl (C=O) groups excluding carboxylic acids is 1. The van der Waals surface area contributed by atoms with Gasteiger partial charge in [0.25, 0.3) is 0 Å². The molecular formula is C17H14Br2O2. The number of halogens is 2. The maximum absolute atomic E-state index is 12.6. The van der Waals surface area contributed by atoms with E-state index in [-0.39, 0.29) is 5.78 Å². The Morgan fingerprint density at radius 2 is 2.00 bits per heavy atom. The summed E-state index contributed by atoms with van der Waals surface area (Å²) in [5, 5.41) is 0. The molecule has 0 fully saturated rings. The van der Waals surface area contributed by atoms with Crippen LogP contribution in [-0.2, 0) is 12.8 Å². The third kappa shape index (κ3) is 3.06. The number of aryl methyl sites for hydroxylation is 1. The highest BCUT2D eigenvalue weighted by molar-refractivity contribution is 9.10. The van der Waals surface area contributed by atoms with Gasteiger partial charge in [0.1, 0.15) is 5.75 Å². The Hall–Kier alpha value is -1.13. The molecule has 0 unspecified atom stereocenters. The fraction of sp³-hybridized carbons (Fsp3) is 0.235. The highest BCUT2D eigenvalue weighted by Gasteiger charge is 2.20. The Bertz CT molecular complexity index is 723. The molecule has 1 aliphatic heterocycles. The second kappa shape index (κ2) is 5.93. The van der Waals surface area contributed by atoms with Gasteiger partial charge in [-0.3, -0.25) is 4.79 Å². The molecule has 1 aliphatic rings. The standard InChI is InChI=1S/C17H14Br2O2/c1-10-6-13(18)2-3-15(10)16(20)9-12-8-14(19)7-11-4-5-21-17(11)12/h2-3,6-8H,4-5,9H2,1H3. The summed E-state index contributed by atoms with van der Waals surface area (Å²) in [6.07, 6.45) is 1.28. The highest BCUT2D eigenvalue weighted by Crippen LogP contribution is 2.34. The number of hydrogen-bond acceptors (Lipinski definition) is 2. The van der Waals surface area contributed by atoms with Gasteiger partial charge in [0.15, 0.2) is 5.78 Å². The minimum Gasteiger partial charge on any atom is -0.493 e. The molecule has 0 bridgehead atoms. The lowest BCUT2D eigenvalue weighted by Gasteiger charge is -2.10. The van der Waals surface area contributed by atoms with Crippen molar-refractivity contribution in [3.63, 3.8) is 0 Å². The molecule has 0 aliphatic carbocycles. The van der Waals surface area contributed by atoms with Crippen LogP contribution in [0.5, 0.6) is 5.75 Å². The number of ether oxygens (including phenoxy) is 1. The lowest BCUT2D eigenvalue weighted by Crippen LogP contribution is -2.07. The Morgan fingerprint density at radius 1 is 1.19 bits per heavy atom. The number of Topliss-reactive ketones (excluding diaryl/α,β-unsaturated/α-hetero) is 1. The van der Waals surface area contributed by atoms with Crippen molar-refractivity contribution in [3.8, 4) is 5.75 Å². The Labute approximate surface area is 140 Å². The summed E-state index contributed by atoms with van der Waals surface area (Å²) in [4.78, 5) is 12.6. The second-order valence-electron chi connectivity index (χ2n) is 5.21. The first-order chi connectivity index (χ1) is 10.0. The van der Waals surface area contributed by atoms with Crippen LogP contribution in [0.25, 0.3) is 0 Å². The monoisotopic (exact) mass is 408 g/mol. The van der Waals surface area contributed by atoms with E-state index in [0.29, 0.717) is 13.0 Å². The molecule has 0 atom stereocenters. The van der Waals surface area contributed by atoms with Crippen molar-refractivity contribution in [2.24, 2.45) is 0 Å². The van der Waals surface area contributed by atoms with Crippen molar-refractivity contribution in [3.05, 3.63) is 61.5 Å². The molecule has 0 aromatic heterocycles. The van der Waals surface area contributed by atoms with Crippen LogP contribution < -0.4 is 4.74 Å². The second-order valence-corrected chi connectivity index (χ2v) is 7.04. The van der Waals surface area contributed by atoms with Crippen molar-refractivity contribution in [2.45, 2.75) is 19.8 Å². The zero-order chi connectivity index (χ0) is 15.0. The van der Waals surface area contributed by atoms with Gasteiger partial charge in [0.2, 0.25) is 0 Å². The van der Waals surface area contributed by atoms with Crippen LogP contribution >= 0.6 is 31.9 Å². The van der Waals surface area contributed by atoms with Crippen LogP contribution in [0, 0.1) is 6.92 Å². The summed E-state index contributed by atoms with van der Waals surface area (Å²) >= 11 is 6.94. The van der Waals surface area contributed by atoms with Gasteiger partial charge in [0, 0.05) is 32.9 Å². The van der Waals surface area contributed by atoms with Gasteiger partial charge in [-0.1, -0.05) is 37.9 Å². The molecule has 2 aromatic carbocycles. The van der Waals surface area contributed by atoms with Crippen LogP contribution in [0.2, 0.25) is 0 Å². The first-order valence-electron chi connectivity index (χ1n) is 6.78. The molecule has 108 valence electrons. The van der Waals surface area contributed by atoms with E-state index in [1.54, 1.807) is 0 Å². The predicted octanol–water partition coefficient (Wildman–Crippen LogP) is 4.88. The summed E-state index contributed by atoms with van der Waals surface area (Å²) in [5.74, 6) is 1.01. The first-order valence-corrected chi connectivity index (χ1v) is 8.36. The van der Waals surface area contributed by atoms with Crippen molar-refractivity contribution in [1.82, 2.24) is 0 Å². The number of benzene rings is 2. The quantitative estimate of drug-likeness (QED) is 0.675. The molecule has 0 saturated carbocycles. The fourth-order valence-electron chi connectivity index (χ4n) is 2.69. The minimum atomic E-state index is 0.121. The van der Waals surface area contributed by atoms with Crippen molar-refractivity contribution in [2.75, 3.05) is 6.61 Å². The average Bonchev–Trinajstić information content (AvgIpc) is 2.86. The smallest absolute Gasteiger partial charge is 0.167 e. The van der Waals surface area contributed by atoms with Gasteiger partial charge >= 0.3 is 0 Å². The van der Waals surface area contributed by atoms with Crippen molar-refractivity contribution < 1.29 is 9.53 Å². The molecule has 1 heterocycles. The van der Waals surface area contributed by atoms with Crippen molar-refractivity contribution >= 4 is 37.6 Å². The molecule has 4 heteroatoms. The van der Waals surface area contributed by atoms with Crippen LogP contribution in [-0.4, -0.2) is 12.4 Å². The number of ketones is 1. The summed E-state index contributed by atoms with van der Waals surface area (Å²) in [6.45, 7) is 2.66. The van der Waals surface area contributed by atoms with Gasteiger partial charge < -0.3 is 4.74 Å². The Balaban J connectivity index is 1.92. The summed E-state index contributed by atoms with van der Waals surface area (Å²) < 4.78 is 7.68. The molecule has 3 rings (SSSR count). The van der Waals surface area contributed by atoms with E-state index in [4.69, 9.17) is 4.74 Å². The number of hydrogen-bond donors (Lipinski definition) is 0. The molecule has 0 radical (unpaired) electrons. The summed E-state index contributed by atoms with van der Waals surface area (Å²) in [6, 6.07) is 9.80. The van der Waals surface area contributed by atoms with E-state index in [1.807, 2.05) is 31.2 Å². The fourth-order valence-corrected chi connectivity index (χ4v) is 3.71. The van der Waals surface area contributed by atoms with Gasteiger partial charge in [-0.2, -0.15) is 0 Å². The molecule has 2 aromatic rings. The summed E-state index contributed by atoms with van der Waals surface area (Å²) in [5.41, 5.74) is 3.90. The van der Waals surface area contributed by atoms with E-state index in [0.717, 1.165) is 37.8 Å². The molecule has 2 nitrogen and oxygen atoms in total. The highest BCUT2D eigenvalue weighted by atomic mass is 79.9. The normalized spacial score (nSPS) is 12.9. The van der Waals surface area contributed by atoms with E-state index in [1.165, 1.54) is 5.56 Å². The molecule has 0 N–H and O–H groups in total. The Morgan fingerprint density at radius 3 is 2.76 bits per heavy atom. The Kier molecular flexibility index (Phi) is 4.18. The number of carbonyl (C=O) groups is 1. The van der Waals surface area contributed by atoms with Gasteiger partial charge in [-0.25, -0.2) is 0 Å². The zero-order valence-electron chi connectivity index (χ0n) is 11.6. The molecule has 0 saturated heterocycles. The zero-order valence-corrected chi connectivity index (χ0v) is 14.8. The third-order valence-corrected chi connectivity index (χ3v) is 4.62. The average molecular weight is 410 g/mol. The van der Waals surface area contributed by atoms with E-state index in [2.05, 4.69) is 37.9 Å². The molecular weight excluding hydrogens is 396 g/mol. The molecule has 0 amide bonds. The topological polar surface area (TPSA) is 26.3 Å². The van der Waals surface area contributed by atoms with E-state index >= 15 is 0 Å². The lowest BCUT2D eigenvalue weighted by molar-refractivity contribution is 0.0991. The lowest BCUT2D eigenvalue weighted by atomic mass is 9.97. The van der Waals surface area contributed by atoms with Gasteiger partial charge in [-0.15, -0.1) is 0 Å². The SMILES string of the molecule is Cc1cc(Br)ccc1C(=O)Cc1cc(Br)cc2c1OCC2. The predicted molar refractivity (Wildman–Crippen MR) is 90.3 cm³/mol. The van der Waals surface area contributed by atoms with Crippen LogP contribution in [0.4, 0.5) is 0 Å². The van der Waals surface area contributed by atoms with Crippen LogP contribution in [0.3, 0.4) is 0 Å². The van der Waals surface area contributed by atoms with Crippen molar-refractivity contribution in [1.29, 1.82) is 0 Å². The molecule has 21 heavy (non-hydrogen) atoms.